The Morgan fingerprint density at radius 1 is 1.43 bits per heavy atom. The maximum Gasteiger partial charge on any atom is 0.407 e. The van der Waals surface area contributed by atoms with Crippen LogP contribution < -0.4 is 0 Å². The number of hydrogen-bond acceptors (Lipinski definition) is 1. The minimum atomic E-state index is -0.727. The molecular formula is C11H19NO2. The van der Waals surface area contributed by atoms with E-state index in [1.807, 2.05) is 0 Å². The van der Waals surface area contributed by atoms with E-state index in [-0.39, 0.29) is 6.04 Å². The third-order valence-electron chi connectivity index (χ3n) is 3.91. The number of carboxylic acid groups (broad SMARTS) is 1. The van der Waals surface area contributed by atoms with Crippen molar-refractivity contribution in [2.75, 3.05) is 6.54 Å². The molecule has 2 atom stereocenters. The highest BCUT2D eigenvalue weighted by atomic mass is 16.4. The molecule has 1 aliphatic carbocycles. The number of carbonyl (C=O) groups is 1. The molecule has 14 heavy (non-hydrogen) atoms. The van der Waals surface area contributed by atoms with Gasteiger partial charge in [0, 0.05) is 12.6 Å². The van der Waals surface area contributed by atoms with Crippen molar-refractivity contribution in [2.24, 2.45) is 11.3 Å². The summed E-state index contributed by atoms with van der Waals surface area (Å²) in [5.41, 5.74) is 0.304. The predicted octanol–water partition coefficient (Wildman–Crippen LogP) is 2.57. The molecule has 2 aliphatic rings. The smallest absolute Gasteiger partial charge is 0.407 e. The van der Waals surface area contributed by atoms with Gasteiger partial charge in [-0.15, -0.1) is 0 Å². The molecule has 3 nitrogen and oxygen atoms in total. The number of amides is 1. The molecule has 1 N–H and O–H groups in total. The van der Waals surface area contributed by atoms with Crippen LogP contribution in [0.4, 0.5) is 4.79 Å². The number of piperidine rings is 1. The van der Waals surface area contributed by atoms with Crippen molar-refractivity contribution in [3.05, 3.63) is 0 Å². The van der Waals surface area contributed by atoms with Crippen LogP contribution >= 0.6 is 0 Å². The molecule has 0 bridgehead atoms. The van der Waals surface area contributed by atoms with Crippen molar-refractivity contribution < 1.29 is 9.90 Å². The van der Waals surface area contributed by atoms with E-state index in [2.05, 4.69) is 13.8 Å². The van der Waals surface area contributed by atoms with Crippen molar-refractivity contribution in [3.63, 3.8) is 0 Å². The van der Waals surface area contributed by atoms with E-state index in [0.717, 1.165) is 13.0 Å². The average Bonchev–Trinajstić information content (AvgIpc) is 2.84. The third-order valence-corrected chi connectivity index (χ3v) is 3.91. The van der Waals surface area contributed by atoms with Crippen LogP contribution in [0.3, 0.4) is 0 Å². The molecule has 2 fully saturated rings. The third kappa shape index (κ3) is 1.60. The van der Waals surface area contributed by atoms with Gasteiger partial charge in [-0.05, 0) is 37.0 Å². The fourth-order valence-electron chi connectivity index (χ4n) is 2.62. The zero-order chi connectivity index (χ0) is 10.3. The second-order valence-corrected chi connectivity index (χ2v) is 5.29. The van der Waals surface area contributed by atoms with Crippen LogP contribution in [0.15, 0.2) is 0 Å². The fraction of sp³-hybridized carbons (Fsp3) is 0.909. The van der Waals surface area contributed by atoms with Crippen molar-refractivity contribution in [2.45, 2.75) is 45.6 Å². The first-order chi connectivity index (χ1) is 6.53. The monoisotopic (exact) mass is 197 g/mol. The SMILES string of the molecule is CC1CCC(C2(C)CC2)N(C(=O)O)C1. The van der Waals surface area contributed by atoms with Gasteiger partial charge in [-0.2, -0.15) is 0 Å². The maximum absolute atomic E-state index is 11.1. The van der Waals surface area contributed by atoms with E-state index >= 15 is 0 Å². The summed E-state index contributed by atoms with van der Waals surface area (Å²) in [5, 5.41) is 9.14. The van der Waals surface area contributed by atoms with Gasteiger partial charge in [0.05, 0.1) is 0 Å². The molecular weight excluding hydrogens is 178 g/mol. The van der Waals surface area contributed by atoms with E-state index in [9.17, 15) is 4.79 Å². The normalized spacial score (nSPS) is 35.4. The van der Waals surface area contributed by atoms with Crippen LogP contribution in [0.2, 0.25) is 0 Å². The Kier molecular flexibility index (Phi) is 2.20. The maximum atomic E-state index is 11.1. The summed E-state index contributed by atoms with van der Waals surface area (Å²) in [4.78, 5) is 12.8. The first kappa shape index (κ1) is 9.81. The van der Waals surface area contributed by atoms with Gasteiger partial charge in [-0.3, -0.25) is 0 Å². The molecule has 1 saturated carbocycles. The average molecular weight is 197 g/mol. The molecule has 0 aromatic rings. The quantitative estimate of drug-likeness (QED) is 0.701. The molecule has 1 saturated heterocycles. The molecule has 0 spiro atoms. The molecule has 0 aromatic heterocycles. The summed E-state index contributed by atoms with van der Waals surface area (Å²) in [6, 6.07) is 0.288. The summed E-state index contributed by atoms with van der Waals surface area (Å²) < 4.78 is 0. The Labute approximate surface area is 85.1 Å². The van der Waals surface area contributed by atoms with Gasteiger partial charge in [0.1, 0.15) is 0 Å². The predicted molar refractivity (Wildman–Crippen MR) is 54.3 cm³/mol. The number of nitrogens with zero attached hydrogens (tertiary/aromatic N) is 1. The number of rotatable bonds is 1. The van der Waals surface area contributed by atoms with E-state index < -0.39 is 6.09 Å². The Morgan fingerprint density at radius 2 is 2.07 bits per heavy atom. The van der Waals surface area contributed by atoms with E-state index in [1.54, 1.807) is 4.90 Å². The van der Waals surface area contributed by atoms with Crippen molar-refractivity contribution in [1.82, 2.24) is 4.90 Å². The van der Waals surface area contributed by atoms with Crippen molar-refractivity contribution in [1.29, 1.82) is 0 Å². The van der Waals surface area contributed by atoms with Crippen LogP contribution in [-0.4, -0.2) is 28.7 Å². The van der Waals surface area contributed by atoms with E-state index in [1.165, 1.54) is 19.3 Å². The molecule has 2 unspecified atom stereocenters. The fourth-order valence-corrected chi connectivity index (χ4v) is 2.62. The number of hydrogen-bond donors (Lipinski definition) is 1. The van der Waals surface area contributed by atoms with Gasteiger partial charge in [-0.25, -0.2) is 4.79 Å². The Morgan fingerprint density at radius 3 is 2.57 bits per heavy atom. The first-order valence-corrected chi connectivity index (χ1v) is 5.52. The van der Waals surface area contributed by atoms with E-state index in [0.29, 0.717) is 11.3 Å². The zero-order valence-corrected chi connectivity index (χ0v) is 8.99. The molecule has 2 rings (SSSR count). The molecule has 1 heterocycles. The van der Waals surface area contributed by atoms with Gasteiger partial charge in [0.2, 0.25) is 0 Å². The van der Waals surface area contributed by atoms with Gasteiger partial charge < -0.3 is 10.0 Å². The lowest BCUT2D eigenvalue weighted by atomic mass is 9.86. The molecule has 3 heteroatoms. The summed E-state index contributed by atoms with van der Waals surface area (Å²) in [6.45, 7) is 5.10. The first-order valence-electron chi connectivity index (χ1n) is 5.52. The molecule has 0 radical (unpaired) electrons. The minimum Gasteiger partial charge on any atom is -0.465 e. The molecule has 1 aliphatic heterocycles. The van der Waals surface area contributed by atoms with Crippen LogP contribution in [0.5, 0.6) is 0 Å². The summed E-state index contributed by atoms with van der Waals surface area (Å²) >= 11 is 0. The molecule has 1 amide bonds. The molecule has 0 aromatic carbocycles. The summed E-state index contributed by atoms with van der Waals surface area (Å²) in [5.74, 6) is 0.532. The highest BCUT2D eigenvalue weighted by molar-refractivity contribution is 5.65. The summed E-state index contributed by atoms with van der Waals surface area (Å²) in [6.07, 6.45) is 3.93. The number of likely N-dealkylation sites (tertiary alicyclic amines) is 1. The van der Waals surface area contributed by atoms with Crippen molar-refractivity contribution >= 4 is 6.09 Å². The Bertz CT molecular complexity index is 248. The van der Waals surface area contributed by atoms with Crippen molar-refractivity contribution in [3.8, 4) is 0 Å². The Hall–Kier alpha value is -0.730. The highest BCUT2D eigenvalue weighted by Crippen LogP contribution is 2.52. The van der Waals surface area contributed by atoms with Crippen LogP contribution in [0.25, 0.3) is 0 Å². The Balaban J connectivity index is 2.10. The lowest BCUT2D eigenvalue weighted by molar-refractivity contribution is 0.0627. The van der Waals surface area contributed by atoms with Crippen LogP contribution in [0.1, 0.15) is 39.5 Å². The van der Waals surface area contributed by atoms with Gasteiger partial charge in [0.15, 0.2) is 0 Å². The lowest BCUT2D eigenvalue weighted by Gasteiger charge is -2.40. The second kappa shape index (κ2) is 3.14. The van der Waals surface area contributed by atoms with Gasteiger partial charge in [-0.1, -0.05) is 13.8 Å². The minimum absolute atomic E-state index is 0.288. The topological polar surface area (TPSA) is 40.5 Å². The lowest BCUT2D eigenvalue weighted by Crippen LogP contribution is -2.49. The largest absolute Gasteiger partial charge is 0.465 e. The van der Waals surface area contributed by atoms with Crippen LogP contribution in [-0.2, 0) is 0 Å². The molecule has 80 valence electrons. The van der Waals surface area contributed by atoms with Crippen LogP contribution in [0, 0.1) is 11.3 Å². The van der Waals surface area contributed by atoms with Gasteiger partial charge in [0.25, 0.3) is 0 Å². The highest BCUT2D eigenvalue weighted by Gasteiger charge is 2.49. The van der Waals surface area contributed by atoms with Gasteiger partial charge >= 0.3 is 6.09 Å². The zero-order valence-electron chi connectivity index (χ0n) is 8.99. The van der Waals surface area contributed by atoms with E-state index in [4.69, 9.17) is 5.11 Å². The summed E-state index contributed by atoms with van der Waals surface area (Å²) in [7, 11) is 0. The standard InChI is InChI=1S/C11H19NO2/c1-8-3-4-9(11(2)5-6-11)12(7-8)10(13)14/h8-9H,3-7H2,1-2H3,(H,13,14). The second-order valence-electron chi connectivity index (χ2n) is 5.29.